The molecule has 0 radical (unpaired) electrons. The number of carbonyl (C=O) groups is 1. The molecule has 0 bridgehead atoms. The summed E-state index contributed by atoms with van der Waals surface area (Å²) in [7, 11) is 0. The van der Waals surface area contributed by atoms with E-state index in [2.05, 4.69) is 25.8 Å². The molecule has 1 atom stereocenters. The minimum Gasteiger partial charge on any atom is -0.481 e. The van der Waals surface area contributed by atoms with Gasteiger partial charge in [0.1, 0.15) is 0 Å². The summed E-state index contributed by atoms with van der Waals surface area (Å²) in [5.41, 5.74) is 0.985. The zero-order valence-electron chi connectivity index (χ0n) is 9.47. The predicted octanol–water partition coefficient (Wildman–Crippen LogP) is 2.14. The molecule has 0 aliphatic carbocycles. The van der Waals surface area contributed by atoms with Gasteiger partial charge in [-0.05, 0) is 47.4 Å². The van der Waals surface area contributed by atoms with E-state index in [-0.39, 0.29) is 5.92 Å². The van der Waals surface area contributed by atoms with Crippen molar-refractivity contribution in [1.82, 2.24) is 9.88 Å². The summed E-state index contributed by atoms with van der Waals surface area (Å²) in [5.74, 6) is -0.905. The van der Waals surface area contributed by atoms with Crippen LogP contribution >= 0.6 is 15.9 Å². The Morgan fingerprint density at radius 3 is 3.06 bits per heavy atom. The molecule has 0 amide bonds. The van der Waals surface area contributed by atoms with Crippen LogP contribution < -0.4 is 0 Å². The van der Waals surface area contributed by atoms with E-state index in [0.717, 1.165) is 36.1 Å². The van der Waals surface area contributed by atoms with Crippen molar-refractivity contribution in [1.29, 1.82) is 0 Å². The van der Waals surface area contributed by atoms with Crippen LogP contribution in [0.1, 0.15) is 18.5 Å². The maximum absolute atomic E-state index is 10.9. The molecule has 1 saturated heterocycles. The molecule has 0 aromatic carbocycles. The Balaban J connectivity index is 1.94. The number of hydrogen-bond acceptors (Lipinski definition) is 3. The summed E-state index contributed by atoms with van der Waals surface area (Å²) >= 11 is 3.35. The molecule has 92 valence electrons. The average molecular weight is 299 g/mol. The predicted molar refractivity (Wildman–Crippen MR) is 67.6 cm³/mol. The number of piperidine rings is 1. The van der Waals surface area contributed by atoms with Gasteiger partial charge < -0.3 is 5.11 Å². The number of carboxylic acids is 1. The Hall–Kier alpha value is -0.940. The number of aromatic nitrogens is 1. The van der Waals surface area contributed by atoms with Crippen molar-refractivity contribution in [2.45, 2.75) is 19.4 Å². The van der Waals surface area contributed by atoms with Crippen LogP contribution in [0, 0.1) is 5.92 Å². The van der Waals surface area contributed by atoms with E-state index in [1.807, 2.05) is 12.1 Å². The van der Waals surface area contributed by atoms with E-state index in [1.54, 1.807) is 6.20 Å². The number of aliphatic carboxylic acids is 1. The first-order chi connectivity index (χ1) is 8.15. The van der Waals surface area contributed by atoms with Gasteiger partial charge in [-0.25, -0.2) is 0 Å². The van der Waals surface area contributed by atoms with Gasteiger partial charge in [0.25, 0.3) is 0 Å². The SMILES string of the molecule is O=C(O)C1CCCN(Cc2ccc(Br)cn2)C1. The van der Waals surface area contributed by atoms with Crippen LogP contribution in [0.15, 0.2) is 22.8 Å². The molecule has 1 aromatic rings. The Kier molecular flexibility index (Phi) is 4.12. The number of rotatable bonds is 3. The molecular weight excluding hydrogens is 284 g/mol. The fourth-order valence-electron chi connectivity index (χ4n) is 2.13. The summed E-state index contributed by atoms with van der Waals surface area (Å²) < 4.78 is 0.961. The van der Waals surface area contributed by atoms with Gasteiger partial charge in [0.2, 0.25) is 0 Å². The van der Waals surface area contributed by atoms with Crippen LogP contribution in [0.4, 0.5) is 0 Å². The van der Waals surface area contributed by atoms with Crippen LogP contribution in [0.3, 0.4) is 0 Å². The van der Waals surface area contributed by atoms with E-state index in [4.69, 9.17) is 5.11 Å². The lowest BCUT2D eigenvalue weighted by Gasteiger charge is -2.30. The average Bonchev–Trinajstić information content (AvgIpc) is 2.32. The van der Waals surface area contributed by atoms with Crippen LogP contribution in [-0.4, -0.2) is 34.0 Å². The van der Waals surface area contributed by atoms with E-state index < -0.39 is 5.97 Å². The lowest BCUT2D eigenvalue weighted by Crippen LogP contribution is -2.38. The molecule has 17 heavy (non-hydrogen) atoms. The third-order valence-corrected chi connectivity index (χ3v) is 3.50. The molecule has 1 aromatic heterocycles. The third-order valence-electron chi connectivity index (χ3n) is 3.03. The molecule has 2 heterocycles. The second kappa shape index (κ2) is 5.60. The van der Waals surface area contributed by atoms with E-state index in [1.165, 1.54) is 0 Å². The van der Waals surface area contributed by atoms with Crippen LogP contribution in [0.25, 0.3) is 0 Å². The maximum Gasteiger partial charge on any atom is 0.307 e. The topological polar surface area (TPSA) is 53.4 Å². The minimum atomic E-state index is -0.682. The van der Waals surface area contributed by atoms with Crippen LogP contribution in [0.5, 0.6) is 0 Å². The Bertz CT molecular complexity index is 394. The number of halogens is 1. The first-order valence-corrected chi connectivity index (χ1v) is 6.50. The second-order valence-corrected chi connectivity index (χ2v) is 5.30. The first-order valence-electron chi connectivity index (χ1n) is 5.71. The molecule has 1 aliphatic heterocycles. The number of likely N-dealkylation sites (tertiary alicyclic amines) is 1. The summed E-state index contributed by atoms with van der Waals surface area (Å²) in [6, 6.07) is 3.93. The molecule has 0 saturated carbocycles. The summed E-state index contributed by atoms with van der Waals surface area (Å²) in [4.78, 5) is 17.4. The molecule has 4 nitrogen and oxygen atoms in total. The van der Waals surface area contributed by atoms with Gasteiger partial charge in [0.15, 0.2) is 0 Å². The molecule has 1 aliphatic rings. The summed E-state index contributed by atoms with van der Waals surface area (Å²) in [6.07, 6.45) is 3.51. The normalized spacial score (nSPS) is 21.4. The summed E-state index contributed by atoms with van der Waals surface area (Å²) in [6.45, 7) is 2.33. The number of hydrogen-bond donors (Lipinski definition) is 1. The molecule has 5 heteroatoms. The molecule has 0 spiro atoms. The van der Waals surface area contributed by atoms with Gasteiger partial charge in [-0.2, -0.15) is 0 Å². The van der Waals surface area contributed by atoms with Gasteiger partial charge in [-0.3, -0.25) is 14.7 Å². The Morgan fingerprint density at radius 2 is 2.41 bits per heavy atom. The van der Waals surface area contributed by atoms with Gasteiger partial charge in [-0.15, -0.1) is 0 Å². The highest BCUT2D eigenvalue weighted by atomic mass is 79.9. The highest BCUT2D eigenvalue weighted by molar-refractivity contribution is 9.10. The van der Waals surface area contributed by atoms with Gasteiger partial charge >= 0.3 is 5.97 Å². The van der Waals surface area contributed by atoms with Gasteiger partial charge in [0, 0.05) is 23.8 Å². The largest absolute Gasteiger partial charge is 0.481 e. The maximum atomic E-state index is 10.9. The molecular formula is C12H15BrN2O2. The van der Waals surface area contributed by atoms with E-state index in [0.29, 0.717) is 6.54 Å². The molecule has 2 rings (SSSR count). The monoisotopic (exact) mass is 298 g/mol. The lowest BCUT2D eigenvalue weighted by atomic mass is 9.98. The number of pyridine rings is 1. The molecule has 1 N–H and O–H groups in total. The molecule has 1 fully saturated rings. The Morgan fingerprint density at radius 1 is 1.59 bits per heavy atom. The van der Waals surface area contributed by atoms with Crippen molar-refractivity contribution in [3.05, 3.63) is 28.5 Å². The van der Waals surface area contributed by atoms with Crippen molar-refractivity contribution >= 4 is 21.9 Å². The van der Waals surface area contributed by atoms with E-state index in [9.17, 15) is 4.79 Å². The zero-order valence-corrected chi connectivity index (χ0v) is 11.1. The fourth-order valence-corrected chi connectivity index (χ4v) is 2.36. The Labute approximate surface area is 109 Å². The van der Waals surface area contributed by atoms with E-state index >= 15 is 0 Å². The highest BCUT2D eigenvalue weighted by Crippen LogP contribution is 2.18. The van der Waals surface area contributed by atoms with Gasteiger partial charge in [0.05, 0.1) is 11.6 Å². The lowest BCUT2D eigenvalue weighted by molar-refractivity contribution is -0.143. The second-order valence-electron chi connectivity index (χ2n) is 4.38. The minimum absolute atomic E-state index is 0.223. The smallest absolute Gasteiger partial charge is 0.307 e. The van der Waals surface area contributed by atoms with Crippen molar-refractivity contribution < 1.29 is 9.90 Å². The highest BCUT2D eigenvalue weighted by Gasteiger charge is 2.25. The van der Waals surface area contributed by atoms with Crippen molar-refractivity contribution in [3.8, 4) is 0 Å². The van der Waals surface area contributed by atoms with Gasteiger partial charge in [-0.1, -0.05) is 0 Å². The first kappa shape index (κ1) is 12.5. The van der Waals surface area contributed by atoms with Crippen molar-refractivity contribution in [2.24, 2.45) is 5.92 Å². The zero-order chi connectivity index (χ0) is 12.3. The standard InChI is InChI=1S/C12H15BrN2O2/c13-10-3-4-11(14-6-10)8-15-5-1-2-9(7-15)12(16)17/h3-4,6,9H,1-2,5,7-8H2,(H,16,17). The van der Waals surface area contributed by atoms with Crippen LogP contribution in [0.2, 0.25) is 0 Å². The fraction of sp³-hybridized carbons (Fsp3) is 0.500. The van der Waals surface area contributed by atoms with Crippen molar-refractivity contribution in [3.63, 3.8) is 0 Å². The number of nitrogens with zero attached hydrogens (tertiary/aromatic N) is 2. The molecule has 1 unspecified atom stereocenters. The number of carboxylic acid groups (broad SMARTS) is 1. The van der Waals surface area contributed by atoms with Crippen molar-refractivity contribution in [2.75, 3.05) is 13.1 Å². The summed E-state index contributed by atoms with van der Waals surface area (Å²) in [5, 5.41) is 9.01. The quantitative estimate of drug-likeness (QED) is 0.929. The third kappa shape index (κ3) is 3.51. The van der Waals surface area contributed by atoms with Crippen LogP contribution in [-0.2, 0) is 11.3 Å².